The lowest BCUT2D eigenvalue weighted by Gasteiger charge is -2.12. The van der Waals surface area contributed by atoms with E-state index in [1.54, 1.807) is 0 Å². The number of halogens is 2. The van der Waals surface area contributed by atoms with E-state index < -0.39 is 0 Å². The van der Waals surface area contributed by atoms with Crippen molar-refractivity contribution in [1.29, 1.82) is 0 Å². The van der Waals surface area contributed by atoms with Crippen LogP contribution in [-0.2, 0) is 0 Å². The molecule has 2 aliphatic rings. The summed E-state index contributed by atoms with van der Waals surface area (Å²) in [5.41, 5.74) is 2.79. The maximum absolute atomic E-state index is 12.7. The monoisotopic (exact) mass is 381 g/mol. The molecule has 1 unspecified atom stereocenters. The minimum absolute atomic E-state index is 0. The van der Waals surface area contributed by atoms with Gasteiger partial charge in [-0.2, -0.15) is 0 Å². The van der Waals surface area contributed by atoms with Gasteiger partial charge < -0.3 is 10.6 Å². The highest BCUT2D eigenvalue weighted by atomic mass is 35.5. The molecule has 2 fully saturated rings. The van der Waals surface area contributed by atoms with Crippen molar-refractivity contribution in [2.24, 2.45) is 5.92 Å². The number of fused-ring (bicyclic) bond motifs is 1. The molecule has 2 aromatic rings. The SMILES string of the molecule is Cl.Cl.O=C(NCCC1CCNC1)c1cc(C2CC2)nc2ccccc12. The number of pyridine rings is 1. The lowest BCUT2D eigenvalue weighted by molar-refractivity contribution is 0.0953. The Morgan fingerprint density at radius 1 is 1.20 bits per heavy atom. The zero-order chi connectivity index (χ0) is 15.6. The molecule has 0 spiro atoms. The van der Waals surface area contributed by atoms with Gasteiger partial charge in [-0.1, -0.05) is 18.2 Å². The first kappa shape index (κ1) is 20.0. The first-order valence-corrected chi connectivity index (χ1v) is 8.70. The molecule has 4 rings (SSSR count). The minimum atomic E-state index is 0. The third-order valence-corrected chi connectivity index (χ3v) is 4.98. The normalized spacial score (nSPS) is 19.1. The fraction of sp³-hybridized carbons (Fsp3) is 0.474. The van der Waals surface area contributed by atoms with Crippen LogP contribution < -0.4 is 10.6 Å². The summed E-state index contributed by atoms with van der Waals surface area (Å²) in [6, 6.07) is 9.96. The van der Waals surface area contributed by atoms with Crippen molar-refractivity contribution in [1.82, 2.24) is 15.6 Å². The summed E-state index contributed by atoms with van der Waals surface area (Å²) < 4.78 is 0. The first-order valence-electron chi connectivity index (χ1n) is 8.70. The van der Waals surface area contributed by atoms with Gasteiger partial charge in [0, 0.05) is 23.5 Å². The molecule has 1 saturated heterocycles. The summed E-state index contributed by atoms with van der Waals surface area (Å²) in [5.74, 6) is 1.29. The van der Waals surface area contributed by atoms with Gasteiger partial charge in [-0.05, 0) is 56.8 Å². The molecule has 1 aliphatic carbocycles. The second-order valence-corrected chi connectivity index (χ2v) is 6.79. The Morgan fingerprint density at radius 2 is 2.00 bits per heavy atom. The number of hydrogen-bond donors (Lipinski definition) is 2. The fourth-order valence-electron chi connectivity index (χ4n) is 3.42. The van der Waals surface area contributed by atoms with Crippen LogP contribution in [0.15, 0.2) is 30.3 Å². The Balaban J connectivity index is 0.00000113. The van der Waals surface area contributed by atoms with E-state index in [1.807, 2.05) is 30.3 Å². The number of amides is 1. The van der Waals surface area contributed by atoms with Crippen molar-refractivity contribution in [2.75, 3.05) is 19.6 Å². The summed E-state index contributed by atoms with van der Waals surface area (Å²) in [7, 11) is 0. The van der Waals surface area contributed by atoms with Gasteiger partial charge >= 0.3 is 0 Å². The maximum atomic E-state index is 12.7. The number of aromatic nitrogens is 1. The van der Waals surface area contributed by atoms with Crippen LogP contribution in [0.2, 0.25) is 0 Å². The van der Waals surface area contributed by atoms with E-state index >= 15 is 0 Å². The number of para-hydroxylation sites is 1. The van der Waals surface area contributed by atoms with Gasteiger partial charge in [0.2, 0.25) is 0 Å². The van der Waals surface area contributed by atoms with Crippen LogP contribution in [0.1, 0.15) is 47.7 Å². The molecular weight excluding hydrogens is 357 g/mol. The molecule has 1 amide bonds. The van der Waals surface area contributed by atoms with Crippen LogP contribution in [-0.4, -0.2) is 30.5 Å². The third-order valence-electron chi connectivity index (χ3n) is 4.98. The molecule has 1 aliphatic heterocycles. The highest BCUT2D eigenvalue weighted by molar-refractivity contribution is 6.06. The van der Waals surface area contributed by atoms with Crippen molar-refractivity contribution in [3.63, 3.8) is 0 Å². The molecule has 4 nitrogen and oxygen atoms in total. The number of carbonyl (C=O) groups excluding carboxylic acids is 1. The van der Waals surface area contributed by atoms with Gasteiger partial charge in [0.15, 0.2) is 0 Å². The number of hydrogen-bond acceptors (Lipinski definition) is 3. The second kappa shape index (κ2) is 8.84. The Bertz CT molecular complexity index is 728. The predicted molar refractivity (Wildman–Crippen MR) is 106 cm³/mol. The fourth-order valence-corrected chi connectivity index (χ4v) is 3.42. The van der Waals surface area contributed by atoms with Crippen molar-refractivity contribution in [3.05, 3.63) is 41.6 Å². The van der Waals surface area contributed by atoms with Crippen molar-refractivity contribution in [3.8, 4) is 0 Å². The number of benzene rings is 1. The van der Waals surface area contributed by atoms with E-state index in [4.69, 9.17) is 4.98 Å². The summed E-state index contributed by atoms with van der Waals surface area (Å²) in [4.78, 5) is 17.4. The van der Waals surface area contributed by atoms with Gasteiger partial charge in [0.1, 0.15) is 0 Å². The highest BCUT2D eigenvalue weighted by Crippen LogP contribution is 2.40. The van der Waals surface area contributed by atoms with Gasteiger partial charge in [-0.15, -0.1) is 24.8 Å². The topological polar surface area (TPSA) is 54.0 Å². The first-order chi connectivity index (χ1) is 11.3. The van der Waals surface area contributed by atoms with Crippen LogP contribution in [0.5, 0.6) is 0 Å². The third kappa shape index (κ3) is 4.63. The van der Waals surface area contributed by atoms with Crippen LogP contribution in [0.3, 0.4) is 0 Å². The van der Waals surface area contributed by atoms with Crippen molar-refractivity contribution < 1.29 is 4.79 Å². The average Bonchev–Trinajstić information content (AvgIpc) is 3.31. The van der Waals surface area contributed by atoms with Crippen molar-refractivity contribution >= 4 is 41.6 Å². The van der Waals surface area contributed by atoms with E-state index in [2.05, 4.69) is 10.6 Å². The molecule has 1 aromatic carbocycles. The van der Waals surface area contributed by atoms with E-state index in [1.165, 1.54) is 19.3 Å². The van der Waals surface area contributed by atoms with E-state index in [-0.39, 0.29) is 30.7 Å². The Kier molecular flexibility index (Phi) is 7.05. The number of carbonyl (C=O) groups is 1. The lowest BCUT2D eigenvalue weighted by Crippen LogP contribution is -2.26. The van der Waals surface area contributed by atoms with Crippen molar-refractivity contribution in [2.45, 2.75) is 31.6 Å². The molecule has 0 radical (unpaired) electrons. The van der Waals surface area contributed by atoms with E-state index in [0.717, 1.165) is 48.2 Å². The molecule has 1 aromatic heterocycles. The average molecular weight is 382 g/mol. The largest absolute Gasteiger partial charge is 0.352 e. The van der Waals surface area contributed by atoms with Crippen LogP contribution in [0, 0.1) is 5.92 Å². The number of nitrogens with zero attached hydrogens (tertiary/aromatic N) is 1. The van der Waals surface area contributed by atoms with Gasteiger partial charge in [0.25, 0.3) is 5.91 Å². The number of nitrogens with one attached hydrogen (secondary N) is 2. The Morgan fingerprint density at radius 3 is 2.72 bits per heavy atom. The quantitative estimate of drug-likeness (QED) is 0.830. The Hall–Kier alpha value is -1.36. The van der Waals surface area contributed by atoms with Gasteiger partial charge in [0.05, 0.1) is 11.1 Å². The second-order valence-electron chi connectivity index (χ2n) is 6.79. The molecule has 1 atom stereocenters. The van der Waals surface area contributed by atoms with Gasteiger partial charge in [-0.3, -0.25) is 9.78 Å². The summed E-state index contributed by atoms with van der Waals surface area (Å²) >= 11 is 0. The lowest BCUT2D eigenvalue weighted by atomic mass is 10.0. The van der Waals surface area contributed by atoms with Crippen LogP contribution in [0.4, 0.5) is 0 Å². The van der Waals surface area contributed by atoms with Crippen LogP contribution >= 0.6 is 24.8 Å². The van der Waals surface area contributed by atoms with E-state index in [0.29, 0.717) is 11.8 Å². The smallest absolute Gasteiger partial charge is 0.252 e. The number of rotatable bonds is 5. The highest BCUT2D eigenvalue weighted by Gasteiger charge is 2.27. The summed E-state index contributed by atoms with van der Waals surface area (Å²) in [6.07, 6.45) is 4.67. The molecule has 2 N–H and O–H groups in total. The standard InChI is InChI=1S/C19H23N3O.2ClH/c23-19(21-10-8-13-7-9-20-12-13)16-11-18(14-5-6-14)22-17-4-2-1-3-15(16)17;;/h1-4,11,13-14,20H,5-10,12H2,(H,21,23);2*1H. The van der Waals surface area contributed by atoms with Crippen LogP contribution in [0.25, 0.3) is 10.9 Å². The minimum Gasteiger partial charge on any atom is -0.352 e. The molecule has 6 heteroatoms. The molecule has 136 valence electrons. The maximum Gasteiger partial charge on any atom is 0.252 e. The molecule has 0 bridgehead atoms. The van der Waals surface area contributed by atoms with E-state index in [9.17, 15) is 4.79 Å². The molecule has 1 saturated carbocycles. The zero-order valence-corrected chi connectivity index (χ0v) is 15.8. The molecular formula is C19H25Cl2N3O. The van der Waals surface area contributed by atoms with Gasteiger partial charge in [-0.25, -0.2) is 0 Å². The predicted octanol–water partition coefficient (Wildman–Crippen LogP) is 3.69. The molecule has 2 heterocycles. The summed E-state index contributed by atoms with van der Waals surface area (Å²) in [5, 5.41) is 7.44. The summed E-state index contributed by atoms with van der Waals surface area (Å²) in [6.45, 7) is 2.94. The zero-order valence-electron chi connectivity index (χ0n) is 14.2. The Labute approximate surface area is 161 Å². The molecule has 25 heavy (non-hydrogen) atoms.